The SMILES string of the molecule is CCC(C)n1ncc(C#N)c1S(=O)(=O)Cl. The number of rotatable bonds is 3. The lowest BCUT2D eigenvalue weighted by Crippen LogP contribution is -2.12. The van der Waals surface area contributed by atoms with Gasteiger partial charge in [-0.25, -0.2) is 13.1 Å². The fraction of sp³-hybridized carbons (Fsp3) is 0.500. The van der Waals surface area contributed by atoms with Gasteiger partial charge in [0, 0.05) is 10.7 Å². The first-order chi connectivity index (χ1) is 6.91. The van der Waals surface area contributed by atoms with Crippen LogP contribution in [0.3, 0.4) is 0 Å². The summed E-state index contributed by atoms with van der Waals surface area (Å²) >= 11 is 0. The van der Waals surface area contributed by atoms with Gasteiger partial charge >= 0.3 is 0 Å². The fourth-order valence-electron chi connectivity index (χ4n) is 1.16. The Morgan fingerprint density at radius 3 is 2.73 bits per heavy atom. The molecule has 0 spiro atoms. The van der Waals surface area contributed by atoms with Crippen LogP contribution in [0.4, 0.5) is 0 Å². The lowest BCUT2D eigenvalue weighted by molar-refractivity contribution is 0.438. The molecule has 82 valence electrons. The Morgan fingerprint density at radius 2 is 2.33 bits per heavy atom. The lowest BCUT2D eigenvalue weighted by Gasteiger charge is -2.11. The summed E-state index contributed by atoms with van der Waals surface area (Å²) in [5.74, 6) is 0. The van der Waals surface area contributed by atoms with E-state index in [0.717, 1.165) is 0 Å². The van der Waals surface area contributed by atoms with Gasteiger partial charge in [-0.2, -0.15) is 10.4 Å². The van der Waals surface area contributed by atoms with E-state index in [9.17, 15) is 8.42 Å². The minimum atomic E-state index is -3.94. The number of nitriles is 1. The minimum Gasteiger partial charge on any atom is -0.249 e. The Bertz CT molecular complexity index is 500. The molecule has 0 aliphatic carbocycles. The maximum absolute atomic E-state index is 11.3. The maximum Gasteiger partial charge on any atom is 0.279 e. The average Bonchev–Trinajstić information content (AvgIpc) is 2.59. The van der Waals surface area contributed by atoms with E-state index in [0.29, 0.717) is 6.42 Å². The highest BCUT2D eigenvalue weighted by molar-refractivity contribution is 8.13. The van der Waals surface area contributed by atoms with Crippen molar-refractivity contribution in [3.05, 3.63) is 11.8 Å². The number of halogens is 1. The highest BCUT2D eigenvalue weighted by Gasteiger charge is 2.24. The summed E-state index contributed by atoms with van der Waals surface area (Å²) in [6.07, 6.45) is 1.91. The molecule has 0 N–H and O–H groups in total. The topological polar surface area (TPSA) is 75.8 Å². The molecular formula is C8H10ClN3O2S. The second kappa shape index (κ2) is 4.21. The van der Waals surface area contributed by atoms with Crippen molar-refractivity contribution in [1.82, 2.24) is 9.78 Å². The minimum absolute atomic E-state index is 0.0229. The van der Waals surface area contributed by atoms with E-state index in [1.54, 1.807) is 13.0 Å². The van der Waals surface area contributed by atoms with Crippen LogP contribution in [-0.2, 0) is 9.05 Å². The molecule has 0 fully saturated rings. The van der Waals surface area contributed by atoms with Gasteiger partial charge < -0.3 is 0 Å². The second-order valence-corrected chi connectivity index (χ2v) is 5.60. The quantitative estimate of drug-likeness (QED) is 0.761. The summed E-state index contributed by atoms with van der Waals surface area (Å²) in [6, 6.07) is 1.64. The van der Waals surface area contributed by atoms with Crippen LogP contribution in [0.1, 0.15) is 31.9 Å². The summed E-state index contributed by atoms with van der Waals surface area (Å²) in [5.41, 5.74) is -0.0229. The molecule has 0 saturated carbocycles. The van der Waals surface area contributed by atoms with E-state index in [1.165, 1.54) is 10.9 Å². The number of nitrogens with zero attached hydrogens (tertiary/aromatic N) is 3. The van der Waals surface area contributed by atoms with Crippen molar-refractivity contribution in [2.75, 3.05) is 0 Å². The Morgan fingerprint density at radius 1 is 1.73 bits per heavy atom. The molecular weight excluding hydrogens is 238 g/mol. The molecule has 15 heavy (non-hydrogen) atoms. The highest BCUT2D eigenvalue weighted by Crippen LogP contribution is 2.23. The molecule has 1 aromatic rings. The highest BCUT2D eigenvalue weighted by atomic mass is 35.7. The summed E-state index contributed by atoms with van der Waals surface area (Å²) in [7, 11) is 1.31. The van der Waals surface area contributed by atoms with Crippen molar-refractivity contribution in [2.24, 2.45) is 0 Å². The number of aromatic nitrogens is 2. The normalized spacial score (nSPS) is 13.5. The van der Waals surface area contributed by atoms with E-state index < -0.39 is 9.05 Å². The standard InChI is InChI=1S/C8H10ClN3O2S/c1-3-6(2)12-8(15(9,13)14)7(4-10)5-11-12/h5-6H,3H2,1-2H3. The van der Waals surface area contributed by atoms with Crippen LogP contribution in [0.5, 0.6) is 0 Å². The first-order valence-electron chi connectivity index (χ1n) is 4.34. The van der Waals surface area contributed by atoms with Crippen LogP contribution >= 0.6 is 10.7 Å². The molecule has 0 amide bonds. The monoisotopic (exact) mass is 247 g/mol. The molecule has 1 unspecified atom stereocenters. The molecule has 0 aliphatic rings. The molecule has 5 nitrogen and oxygen atoms in total. The molecule has 1 rings (SSSR count). The Hall–Kier alpha value is -1.06. The molecule has 1 aromatic heterocycles. The van der Waals surface area contributed by atoms with Crippen molar-refractivity contribution < 1.29 is 8.42 Å². The Kier molecular flexibility index (Phi) is 3.37. The lowest BCUT2D eigenvalue weighted by atomic mass is 10.3. The average molecular weight is 248 g/mol. The van der Waals surface area contributed by atoms with Gasteiger partial charge in [0.05, 0.1) is 12.2 Å². The van der Waals surface area contributed by atoms with Crippen molar-refractivity contribution in [3.8, 4) is 6.07 Å². The van der Waals surface area contributed by atoms with Crippen molar-refractivity contribution in [1.29, 1.82) is 5.26 Å². The predicted molar refractivity (Wildman–Crippen MR) is 55.0 cm³/mol. The van der Waals surface area contributed by atoms with Gasteiger partial charge in [-0.1, -0.05) is 6.92 Å². The molecule has 0 bridgehead atoms. The van der Waals surface area contributed by atoms with E-state index in [-0.39, 0.29) is 16.6 Å². The molecule has 1 heterocycles. The van der Waals surface area contributed by atoms with Crippen LogP contribution in [0.15, 0.2) is 11.2 Å². The Labute approximate surface area is 92.7 Å². The maximum atomic E-state index is 11.3. The van der Waals surface area contributed by atoms with Gasteiger partial charge in [-0.3, -0.25) is 0 Å². The zero-order chi connectivity index (χ0) is 11.6. The van der Waals surface area contributed by atoms with Gasteiger partial charge in [0.1, 0.15) is 11.6 Å². The summed E-state index contributed by atoms with van der Waals surface area (Å²) in [4.78, 5) is 0. The van der Waals surface area contributed by atoms with E-state index in [1.807, 2.05) is 6.92 Å². The van der Waals surface area contributed by atoms with Gasteiger partial charge in [0.25, 0.3) is 9.05 Å². The van der Waals surface area contributed by atoms with E-state index in [4.69, 9.17) is 15.9 Å². The third kappa shape index (κ3) is 2.30. The number of hydrogen-bond acceptors (Lipinski definition) is 4. The van der Waals surface area contributed by atoms with E-state index >= 15 is 0 Å². The first kappa shape index (κ1) is 12.0. The number of hydrogen-bond donors (Lipinski definition) is 0. The Balaban J connectivity index is 3.45. The van der Waals surface area contributed by atoms with Gasteiger partial charge in [-0.15, -0.1) is 0 Å². The predicted octanol–water partition coefficient (Wildman–Crippen LogP) is 1.65. The van der Waals surface area contributed by atoms with Gasteiger partial charge in [0.2, 0.25) is 0 Å². The van der Waals surface area contributed by atoms with Crippen LogP contribution in [0.2, 0.25) is 0 Å². The molecule has 7 heteroatoms. The summed E-state index contributed by atoms with van der Waals surface area (Å²) in [5, 5.41) is 12.4. The molecule has 1 atom stereocenters. The third-order valence-corrected chi connectivity index (χ3v) is 3.42. The first-order valence-corrected chi connectivity index (χ1v) is 6.65. The van der Waals surface area contributed by atoms with Gasteiger partial charge in [-0.05, 0) is 13.3 Å². The largest absolute Gasteiger partial charge is 0.279 e. The van der Waals surface area contributed by atoms with Crippen molar-refractivity contribution in [2.45, 2.75) is 31.3 Å². The third-order valence-electron chi connectivity index (χ3n) is 2.11. The van der Waals surface area contributed by atoms with Crippen LogP contribution in [0.25, 0.3) is 0 Å². The fourth-order valence-corrected chi connectivity index (χ4v) is 2.43. The van der Waals surface area contributed by atoms with Crippen LogP contribution in [0, 0.1) is 11.3 Å². The van der Waals surface area contributed by atoms with Crippen LogP contribution < -0.4 is 0 Å². The smallest absolute Gasteiger partial charge is 0.249 e. The molecule has 0 aliphatic heterocycles. The molecule has 0 radical (unpaired) electrons. The molecule has 0 saturated heterocycles. The van der Waals surface area contributed by atoms with E-state index in [2.05, 4.69) is 5.10 Å². The van der Waals surface area contributed by atoms with Gasteiger partial charge in [0.15, 0.2) is 5.03 Å². The van der Waals surface area contributed by atoms with Crippen molar-refractivity contribution in [3.63, 3.8) is 0 Å². The molecule has 0 aromatic carbocycles. The summed E-state index contributed by atoms with van der Waals surface area (Å²) in [6.45, 7) is 3.70. The second-order valence-electron chi connectivity index (χ2n) is 3.11. The summed E-state index contributed by atoms with van der Waals surface area (Å²) < 4.78 is 23.8. The van der Waals surface area contributed by atoms with Crippen molar-refractivity contribution >= 4 is 19.7 Å². The van der Waals surface area contributed by atoms with Crippen LogP contribution in [-0.4, -0.2) is 18.2 Å². The zero-order valence-corrected chi connectivity index (χ0v) is 9.88. The zero-order valence-electron chi connectivity index (χ0n) is 8.31.